The Morgan fingerprint density at radius 1 is 1.67 bits per heavy atom. The van der Waals surface area contributed by atoms with Gasteiger partial charge in [0, 0.05) is 37.7 Å². The van der Waals surface area contributed by atoms with E-state index in [1.54, 1.807) is 12.0 Å². The third kappa shape index (κ3) is 2.39. The molecule has 2 rings (SSSR count). The van der Waals surface area contributed by atoms with Crippen LogP contribution in [0.25, 0.3) is 0 Å². The van der Waals surface area contributed by atoms with E-state index in [4.69, 9.17) is 10.5 Å². The summed E-state index contributed by atoms with van der Waals surface area (Å²) in [7, 11) is 1.74. The molecule has 0 aromatic carbocycles. The first-order valence-corrected chi connectivity index (χ1v) is 6.21. The van der Waals surface area contributed by atoms with Crippen molar-refractivity contribution in [1.82, 2.24) is 4.90 Å². The van der Waals surface area contributed by atoms with Crippen molar-refractivity contribution in [3.63, 3.8) is 0 Å². The van der Waals surface area contributed by atoms with Gasteiger partial charge in [0.2, 0.25) is 0 Å². The molecule has 2 N–H and O–H groups in total. The average molecular weight is 226 g/mol. The quantitative estimate of drug-likeness (QED) is 0.835. The van der Waals surface area contributed by atoms with E-state index in [9.17, 15) is 0 Å². The van der Waals surface area contributed by atoms with E-state index >= 15 is 0 Å². The maximum atomic E-state index is 5.77. The Balaban J connectivity index is 2.01. The normalized spacial score (nSPS) is 18.8. The molecule has 3 nitrogen and oxygen atoms in total. The summed E-state index contributed by atoms with van der Waals surface area (Å²) in [5, 5.41) is 2.18. The van der Waals surface area contributed by atoms with E-state index in [0.29, 0.717) is 12.6 Å². The van der Waals surface area contributed by atoms with Gasteiger partial charge in [-0.05, 0) is 23.4 Å². The highest BCUT2D eigenvalue weighted by Crippen LogP contribution is 2.24. The van der Waals surface area contributed by atoms with Gasteiger partial charge in [-0.2, -0.15) is 0 Å². The Labute approximate surface area is 94.8 Å². The Hall–Kier alpha value is -0.420. The van der Waals surface area contributed by atoms with Gasteiger partial charge >= 0.3 is 0 Å². The van der Waals surface area contributed by atoms with E-state index in [1.807, 2.05) is 11.3 Å². The van der Waals surface area contributed by atoms with E-state index in [1.165, 1.54) is 5.56 Å². The number of nitrogens with two attached hydrogens (primary N) is 1. The highest BCUT2D eigenvalue weighted by Gasteiger charge is 2.22. The second-order valence-corrected chi connectivity index (χ2v) is 4.94. The van der Waals surface area contributed by atoms with E-state index in [-0.39, 0.29) is 0 Å². The van der Waals surface area contributed by atoms with Crippen molar-refractivity contribution >= 4 is 11.3 Å². The van der Waals surface area contributed by atoms with Crippen LogP contribution in [0.5, 0.6) is 0 Å². The van der Waals surface area contributed by atoms with Crippen LogP contribution in [0.3, 0.4) is 0 Å². The predicted molar refractivity (Wildman–Crippen MR) is 63.2 cm³/mol. The number of hydrogen-bond acceptors (Lipinski definition) is 4. The minimum absolute atomic E-state index is 0.364. The number of thiophene rings is 1. The zero-order valence-corrected chi connectivity index (χ0v) is 9.93. The molecule has 0 aliphatic carbocycles. The fourth-order valence-electron chi connectivity index (χ4n) is 2.10. The minimum Gasteiger partial charge on any atom is -0.383 e. The van der Waals surface area contributed by atoms with E-state index in [0.717, 1.165) is 26.1 Å². The second kappa shape index (κ2) is 5.07. The topological polar surface area (TPSA) is 38.5 Å². The molecule has 1 unspecified atom stereocenters. The lowest BCUT2D eigenvalue weighted by atomic mass is 10.1. The van der Waals surface area contributed by atoms with Gasteiger partial charge in [-0.3, -0.25) is 4.90 Å². The molecule has 0 fully saturated rings. The summed E-state index contributed by atoms with van der Waals surface area (Å²) < 4.78 is 5.20. The first kappa shape index (κ1) is 11.1. The van der Waals surface area contributed by atoms with Crippen LogP contribution >= 0.6 is 11.3 Å². The summed E-state index contributed by atoms with van der Waals surface area (Å²) in [5.74, 6) is 0. The van der Waals surface area contributed by atoms with Gasteiger partial charge < -0.3 is 10.5 Å². The number of hydrogen-bond donors (Lipinski definition) is 1. The fraction of sp³-hybridized carbons (Fsp3) is 0.636. The van der Waals surface area contributed by atoms with Crippen LogP contribution in [-0.4, -0.2) is 37.7 Å². The van der Waals surface area contributed by atoms with Crippen molar-refractivity contribution in [3.8, 4) is 0 Å². The van der Waals surface area contributed by atoms with Crippen LogP contribution in [0, 0.1) is 0 Å². The molecule has 0 spiro atoms. The van der Waals surface area contributed by atoms with E-state index < -0.39 is 0 Å². The maximum Gasteiger partial charge on any atom is 0.0630 e. The molecule has 1 aromatic heterocycles. The van der Waals surface area contributed by atoms with Crippen molar-refractivity contribution in [1.29, 1.82) is 0 Å². The molecule has 1 aliphatic heterocycles. The molecule has 0 bridgehead atoms. The number of ether oxygens (including phenoxy) is 1. The number of rotatable bonds is 4. The molecular weight excluding hydrogens is 208 g/mol. The summed E-state index contributed by atoms with van der Waals surface area (Å²) >= 11 is 1.87. The van der Waals surface area contributed by atoms with Gasteiger partial charge in [-0.15, -0.1) is 11.3 Å². The van der Waals surface area contributed by atoms with Crippen molar-refractivity contribution < 1.29 is 4.74 Å². The summed E-state index contributed by atoms with van der Waals surface area (Å²) in [6.07, 6.45) is 1.16. The van der Waals surface area contributed by atoms with Crippen LogP contribution in [0.2, 0.25) is 0 Å². The third-order valence-corrected chi connectivity index (χ3v) is 4.01. The van der Waals surface area contributed by atoms with Gasteiger partial charge in [0.05, 0.1) is 6.61 Å². The molecule has 0 amide bonds. The summed E-state index contributed by atoms with van der Waals surface area (Å²) in [5.41, 5.74) is 7.24. The average Bonchev–Trinajstić information content (AvgIpc) is 2.72. The van der Waals surface area contributed by atoms with Crippen molar-refractivity contribution in [2.45, 2.75) is 19.0 Å². The Morgan fingerprint density at radius 2 is 2.53 bits per heavy atom. The van der Waals surface area contributed by atoms with Crippen LogP contribution in [0.4, 0.5) is 0 Å². The lowest BCUT2D eigenvalue weighted by Crippen LogP contribution is -2.45. The summed E-state index contributed by atoms with van der Waals surface area (Å²) in [6, 6.07) is 2.59. The van der Waals surface area contributed by atoms with E-state index in [2.05, 4.69) is 16.3 Å². The lowest BCUT2D eigenvalue weighted by Gasteiger charge is -2.33. The van der Waals surface area contributed by atoms with Crippen LogP contribution in [-0.2, 0) is 17.7 Å². The first-order chi connectivity index (χ1) is 7.35. The molecule has 4 heteroatoms. The molecule has 15 heavy (non-hydrogen) atoms. The van der Waals surface area contributed by atoms with Gasteiger partial charge in [0.15, 0.2) is 0 Å². The summed E-state index contributed by atoms with van der Waals surface area (Å²) in [6.45, 7) is 3.55. The largest absolute Gasteiger partial charge is 0.383 e. The molecule has 1 atom stereocenters. The van der Waals surface area contributed by atoms with Crippen LogP contribution in [0.15, 0.2) is 11.4 Å². The first-order valence-electron chi connectivity index (χ1n) is 5.33. The second-order valence-electron chi connectivity index (χ2n) is 3.93. The van der Waals surface area contributed by atoms with Gasteiger partial charge in [0.25, 0.3) is 0 Å². The van der Waals surface area contributed by atoms with Crippen molar-refractivity contribution in [2.75, 3.05) is 26.8 Å². The zero-order chi connectivity index (χ0) is 10.7. The minimum atomic E-state index is 0.364. The SMILES string of the molecule is COCC(CN)N1CCc2sccc2C1. The number of fused-ring (bicyclic) bond motifs is 1. The molecule has 1 aliphatic rings. The zero-order valence-electron chi connectivity index (χ0n) is 9.11. The van der Waals surface area contributed by atoms with Gasteiger partial charge in [-0.1, -0.05) is 0 Å². The molecule has 0 saturated carbocycles. The predicted octanol–water partition coefficient (Wildman–Crippen LogP) is 1.08. The number of nitrogens with zero attached hydrogens (tertiary/aromatic N) is 1. The third-order valence-electron chi connectivity index (χ3n) is 2.98. The van der Waals surface area contributed by atoms with Crippen molar-refractivity contribution in [2.24, 2.45) is 5.73 Å². The van der Waals surface area contributed by atoms with Gasteiger partial charge in [0.1, 0.15) is 0 Å². The molecule has 0 radical (unpaired) electrons. The Kier molecular flexibility index (Phi) is 3.75. The highest BCUT2D eigenvalue weighted by molar-refractivity contribution is 7.10. The van der Waals surface area contributed by atoms with Crippen LogP contribution in [0.1, 0.15) is 10.4 Å². The highest BCUT2D eigenvalue weighted by atomic mass is 32.1. The molecule has 2 heterocycles. The Morgan fingerprint density at radius 3 is 3.27 bits per heavy atom. The summed E-state index contributed by atoms with van der Waals surface area (Å²) in [4.78, 5) is 3.97. The number of methoxy groups -OCH3 is 1. The van der Waals surface area contributed by atoms with Crippen LogP contribution < -0.4 is 5.73 Å². The molecular formula is C11H18N2OS. The molecule has 1 aromatic rings. The fourth-order valence-corrected chi connectivity index (χ4v) is 2.99. The smallest absolute Gasteiger partial charge is 0.0630 e. The molecule has 84 valence electrons. The van der Waals surface area contributed by atoms with Crippen molar-refractivity contribution in [3.05, 3.63) is 21.9 Å². The maximum absolute atomic E-state index is 5.77. The standard InChI is InChI=1S/C11H18N2OS/c1-14-8-10(6-12)13-4-2-11-9(7-13)3-5-15-11/h3,5,10H,2,4,6-8,12H2,1H3. The van der Waals surface area contributed by atoms with Gasteiger partial charge in [-0.25, -0.2) is 0 Å². The monoisotopic (exact) mass is 226 g/mol. The Bertz CT molecular complexity index is 313. The molecule has 0 saturated heterocycles. The lowest BCUT2D eigenvalue weighted by molar-refractivity contribution is 0.0860.